The maximum Gasteiger partial charge on any atom is 0.251 e. The highest BCUT2D eigenvalue weighted by molar-refractivity contribution is 7.93. The van der Waals surface area contributed by atoms with Crippen molar-refractivity contribution in [1.82, 2.24) is 5.32 Å². The summed E-state index contributed by atoms with van der Waals surface area (Å²) < 4.78 is 25.4. The summed E-state index contributed by atoms with van der Waals surface area (Å²) in [7, 11) is -3.27. The molecule has 0 bridgehead atoms. The van der Waals surface area contributed by atoms with E-state index in [-0.39, 0.29) is 11.7 Å². The van der Waals surface area contributed by atoms with Gasteiger partial charge in [-0.3, -0.25) is 9.10 Å². The molecule has 1 saturated heterocycles. The average Bonchev–Trinajstić information content (AvgIpc) is 2.96. The van der Waals surface area contributed by atoms with Gasteiger partial charge < -0.3 is 5.32 Å². The quantitative estimate of drug-likeness (QED) is 0.816. The maximum absolute atomic E-state index is 12.4. The van der Waals surface area contributed by atoms with Crippen LogP contribution in [0.5, 0.6) is 0 Å². The predicted molar refractivity (Wildman–Crippen MR) is 105 cm³/mol. The van der Waals surface area contributed by atoms with Crippen LogP contribution in [0.25, 0.3) is 0 Å². The lowest BCUT2D eigenvalue weighted by atomic mass is 10.1. The number of hydrogen-bond acceptors (Lipinski definition) is 3. The number of nitrogens with one attached hydrogen (secondary N) is 1. The van der Waals surface area contributed by atoms with Crippen LogP contribution >= 0.6 is 23.2 Å². The van der Waals surface area contributed by atoms with Crippen molar-refractivity contribution in [2.45, 2.75) is 12.8 Å². The number of carbonyl (C=O) groups excluding carboxylic acids is 1. The van der Waals surface area contributed by atoms with Gasteiger partial charge >= 0.3 is 0 Å². The summed E-state index contributed by atoms with van der Waals surface area (Å²) >= 11 is 12.2. The summed E-state index contributed by atoms with van der Waals surface area (Å²) in [5.74, 6) is -0.131. The Labute approximate surface area is 163 Å². The minimum absolute atomic E-state index is 0.141. The Hall–Kier alpha value is -1.76. The first kappa shape index (κ1) is 19.0. The number of nitrogens with zero attached hydrogens (tertiary/aromatic N) is 1. The molecular weight excluding hydrogens is 395 g/mol. The average molecular weight is 413 g/mol. The molecule has 0 atom stereocenters. The number of anilines is 1. The highest BCUT2D eigenvalue weighted by atomic mass is 35.5. The lowest BCUT2D eigenvalue weighted by Gasteiger charge is -2.17. The van der Waals surface area contributed by atoms with Gasteiger partial charge in [0.2, 0.25) is 10.0 Å². The Bertz CT molecular complexity index is 912. The van der Waals surface area contributed by atoms with Crippen molar-refractivity contribution in [1.29, 1.82) is 0 Å². The van der Waals surface area contributed by atoms with E-state index in [4.69, 9.17) is 23.2 Å². The first-order valence-electron chi connectivity index (χ1n) is 8.20. The summed E-state index contributed by atoms with van der Waals surface area (Å²) in [6, 6.07) is 11.9. The lowest BCUT2D eigenvalue weighted by molar-refractivity contribution is 0.0954. The van der Waals surface area contributed by atoms with Crippen LogP contribution in [0.15, 0.2) is 42.5 Å². The number of rotatable bonds is 5. The van der Waals surface area contributed by atoms with E-state index in [1.807, 2.05) is 0 Å². The van der Waals surface area contributed by atoms with Crippen LogP contribution < -0.4 is 9.62 Å². The molecule has 0 saturated carbocycles. The van der Waals surface area contributed by atoms with Gasteiger partial charge in [-0.05, 0) is 48.7 Å². The Kier molecular flexibility index (Phi) is 5.75. The van der Waals surface area contributed by atoms with Crippen LogP contribution in [0, 0.1) is 0 Å². The topological polar surface area (TPSA) is 66.5 Å². The second-order valence-electron chi connectivity index (χ2n) is 6.00. The minimum atomic E-state index is -3.27. The number of hydrogen-bond donors (Lipinski definition) is 1. The molecule has 3 rings (SSSR count). The third-order valence-electron chi connectivity index (χ3n) is 4.22. The van der Waals surface area contributed by atoms with E-state index in [2.05, 4.69) is 5.32 Å². The molecule has 1 aliphatic rings. The number of halogens is 2. The van der Waals surface area contributed by atoms with Crippen LogP contribution in [0.3, 0.4) is 0 Å². The molecule has 0 radical (unpaired) electrons. The molecule has 1 aliphatic heterocycles. The molecule has 1 heterocycles. The van der Waals surface area contributed by atoms with Crippen molar-refractivity contribution >= 4 is 44.8 Å². The van der Waals surface area contributed by atoms with Gasteiger partial charge in [0, 0.05) is 28.7 Å². The van der Waals surface area contributed by atoms with Crippen molar-refractivity contribution in [2.24, 2.45) is 0 Å². The summed E-state index contributed by atoms with van der Waals surface area (Å²) in [4.78, 5) is 12.4. The van der Waals surface area contributed by atoms with E-state index < -0.39 is 10.0 Å². The van der Waals surface area contributed by atoms with Gasteiger partial charge in [0.15, 0.2) is 0 Å². The van der Waals surface area contributed by atoms with Gasteiger partial charge in [-0.1, -0.05) is 35.3 Å². The van der Waals surface area contributed by atoms with Gasteiger partial charge in [-0.2, -0.15) is 0 Å². The van der Waals surface area contributed by atoms with Gasteiger partial charge in [-0.15, -0.1) is 0 Å². The fraction of sp³-hybridized carbons (Fsp3) is 0.278. The first-order chi connectivity index (χ1) is 12.4. The highest BCUT2D eigenvalue weighted by Crippen LogP contribution is 2.25. The third kappa shape index (κ3) is 4.14. The molecule has 26 heavy (non-hydrogen) atoms. The molecule has 0 unspecified atom stereocenters. The molecule has 0 spiro atoms. The van der Waals surface area contributed by atoms with Crippen molar-refractivity contribution in [3.05, 3.63) is 63.6 Å². The van der Waals surface area contributed by atoms with Crippen LogP contribution in [0.4, 0.5) is 5.69 Å². The first-order valence-corrected chi connectivity index (χ1v) is 10.6. The molecule has 8 heteroatoms. The molecular formula is C18H18Cl2N2O3S. The van der Waals surface area contributed by atoms with Gasteiger partial charge in [0.25, 0.3) is 5.91 Å². The fourth-order valence-corrected chi connectivity index (χ4v) is 5.05. The van der Waals surface area contributed by atoms with Crippen molar-refractivity contribution in [3.8, 4) is 0 Å². The minimum Gasteiger partial charge on any atom is -0.352 e. The van der Waals surface area contributed by atoms with E-state index in [1.165, 1.54) is 4.31 Å². The summed E-state index contributed by atoms with van der Waals surface area (Å²) in [6.07, 6.45) is 1.10. The van der Waals surface area contributed by atoms with Gasteiger partial charge in [-0.25, -0.2) is 8.42 Å². The molecule has 2 aromatic rings. The maximum atomic E-state index is 12.4. The van der Waals surface area contributed by atoms with E-state index >= 15 is 0 Å². The summed E-state index contributed by atoms with van der Waals surface area (Å²) in [5, 5.41) is 3.94. The summed E-state index contributed by atoms with van der Waals surface area (Å²) in [5.41, 5.74) is 1.71. The van der Waals surface area contributed by atoms with Crippen molar-refractivity contribution in [3.63, 3.8) is 0 Å². The van der Waals surface area contributed by atoms with Gasteiger partial charge in [0.1, 0.15) is 0 Å². The molecule has 5 nitrogen and oxygen atoms in total. The van der Waals surface area contributed by atoms with E-state index in [1.54, 1.807) is 42.5 Å². The molecule has 0 aliphatic carbocycles. The van der Waals surface area contributed by atoms with E-state index in [0.717, 1.165) is 5.56 Å². The molecule has 1 amide bonds. The van der Waals surface area contributed by atoms with Crippen LogP contribution in [0.2, 0.25) is 10.0 Å². The molecule has 1 N–H and O–H groups in total. The Morgan fingerprint density at radius 2 is 1.81 bits per heavy atom. The number of amides is 1. The molecule has 138 valence electrons. The third-order valence-corrected chi connectivity index (χ3v) is 6.80. The summed E-state index contributed by atoms with van der Waals surface area (Å²) in [6.45, 7) is 0.812. The normalized spacial score (nSPS) is 15.8. The van der Waals surface area contributed by atoms with Crippen molar-refractivity contribution < 1.29 is 13.2 Å². The van der Waals surface area contributed by atoms with Crippen molar-refractivity contribution in [2.75, 3.05) is 23.1 Å². The largest absolute Gasteiger partial charge is 0.352 e. The number of sulfonamides is 1. The van der Waals surface area contributed by atoms with Gasteiger partial charge in [0.05, 0.1) is 11.4 Å². The van der Waals surface area contributed by atoms with E-state index in [9.17, 15) is 13.2 Å². The second kappa shape index (κ2) is 7.86. The lowest BCUT2D eigenvalue weighted by Crippen LogP contribution is -2.27. The van der Waals surface area contributed by atoms with Crippen LogP contribution in [0.1, 0.15) is 22.3 Å². The highest BCUT2D eigenvalue weighted by Gasteiger charge is 2.28. The molecule has 1 fully saturated rings. The second-order valence-corrected chi connectivity index (χ2v) is 8.83. The smallest absolute Gasteiger partial charge is 0.251 e. The number of carbonyl (C=O) groups is 1. The zero-order valence-electron chi connectivity index (χ0n) is 13.9. The Balaban J connectivity index is 1.66. The SMILES string of the molecule is O=C(NCCc1c(Cl)cccc1Cl)c1cccc(N2CCCS2(=O)=O)c1. The zero-order valence-corrected chi connectivity index (χ0v) is 16.2. The fourth-order valence-electron chi connectivity index (χ4n) is 2.91. The Morgan fingerprint density at radius 1 is 1.12 bits per heavy atom. The standard InChI is InChI=1S/C18H18Cl2N2O3S/c19-16-6-2-7-17(20)15(16)8-9-21-18(23)13-4-1-5-14(12-13)22-10-3-11-26(22,24)25/h1-2,4-7,12H,3,8-11H2,(H,21,23). The molecule has 0 aromatic heterocycles. The Morgan fingerprint density at radius 3 is 2.46 bits per heavy atom. The number of benzene rings is 2. The van der Waals surface area contributed by atoms with E-state index in [0.29, 0.717) is 47.2 Å². The molecule has 2 aromatic carbocycles. The van der Waals surface area contributed by atoms with Crippen LogP contribution in [-0.4, -0.2) is 33.2 Å². The predicted octanol–water partition coefficient (Wildman–Crippen LogP) is 3.51. The zero-order chi connectivity index (χ0) is 18.7. The monoisotopic (exact) mass is 412 g/mol. The van der Waals surface area contributed by atoms with Crippen LogP contribution in [-0.2, 0) is 16.4 Å².